The normalized spacial score (nSPS) is 24.5. The highest BCUT2D eigenvalue weighted by atomic mass is 16.2. The number of hydrogen-bond acceptors (Lipinski definition) is 2. The van der Waals surface area contributed by atoms with E-state index in [2.05, 4.69) is 35.6 Å². The Morgan fingerprint density at radius 3 is 2.83 bits per heavy atom. The minimum atomic E-state index is 0.0436. The summed E-state index contributed by atoms with van der Waals surface area (Å²) in [6.45, 7) is 6.48. The maximum Gasteiger partial charge on any atom is 0.317 e. The van der Waals surface area contributed by atoms with Gasteiger partial charge in [0.15, 0.2) is 0 Å². The first-order valence-corrected chi connectivity index (χ1v) is 9.21. The largest absolute Gasteiger partial charge is 0.338 e. The fourth-order valence-electron chi connectivity index (χ4n) is 4.19. The van der Waals surface area contributed by atoms with E-state index in [9.17, 15) is 4.79 Å². The fourth-order valence-corrected chi connectivity index (χ4v) is 4.19. The Hall–Kier alpha value is -1.78. The van der Waals surface area contributed by atoms with Gasteiger partial charge in [-0.3, -0.25) is 4.68 Å². The van der Waals surface area contributed by atoms with Crippen molar-refractivity contribution >= 4 is 6.03 Å². The smallest absolute Gasteiger partial charge is 0.317 e. The maximum atomic E-state index is 12.2. The Kier molecular flexibility index (Phi) is 5.27. The summed E-state index contributed by atoms with van der Waals surface area (Å²) in [5.74, 6) is 2.36. The van der Waals surface area contributed by atoms with Crippen LogP contribution in [-0.2, 0) is 6.54 Å². The Morgan fingerprint density at radius 1 is 1.38 bits per heavy atom. The van der Waals surface area contributed by atoms with Crippen molar-refractivity contribution in [3.63, 3.8) is 0 Å². The predicted octanol–water partition coefficient (Wildman–Crippen LogP) is 3.13. The molecule has 3 atom stereocenters. The molecule has 2 aliphatic carbocycles. The van der Waals surface area contributed by atoms with Gasteiger partial charge in [-0.15, -0.1) is 0 Å². The van der Waals surface area contributed by atoms with Crippen molar-refractivity contribution in [2.45, 2.75) is 46.1 Å². The molecule has 1 fully saturated rings. The Balaban J connectivity index is 1.31. The summed E-state index contributed by atoms with van der Waals surface area (Å²) >= 11 is 0. The summed E-state index contributed by atoms with van der Waals surface area (Å²) in [7, 11) is 1.87. The van der Waals surface area contributed by atoms with Crippen LogP contribution in [-0.4, -0.2) is 40.8 Å². The fraction of sp³-hybridized carbons (Fsp3) is 0.684. The van der Waals surface area contributed by atoms with E-state index in [1.807, 2.05) is 18.7 Å². The standard InChI is InChI=1S/C19H30N4O/c1-14-11-15(2)23(21-14)10-4-9-22(3)19(24)20-8-7-18-13-16-5-6-17(18)12-16/h5-6,11,16-18H,4,7-10,12-13H2,1-3H3,(H,20,24)/t16-,17+,18-/m1/s1. The summed E-state index contributed by atoms with van der Waals surface area (Å²) in [6, 6.07) is 2.13. The van der Waals surface area contributed by atoms with Crippen LogP contribution in [0.4, 0.5) is 4.79 Å². The number of nitrogens with zero attached hydrogens (tertiary/aromatic N) is 3. The lowest BCUT2D eigenvalue weighted by molar-refractivity contribution is 0.206. The zero-order valence-electron chi connectivity index (χ0n) is 15.2. The zero-order valence-corrected chi connectivity index (χ0v) is 15.2. The molecule has 1 aromatic heterocycles. The van der Waals surface area contributed by atoms with E-state index in [0.29, 0.717) is 0 Å². The van der Waals surface area contributed by atoms with E-state index in [4.69, 9.17) is 0 Å². The van der Waals surface area contributed by atoms with E-state index in [1.54, 1.807) is 4.90 Å². The van der Waals surface area contributed by atoms with Gasteiger partial charge in [0.05, 0.1) is 5.69 Å². The number of fused-ring (bicyclic) bond motifs is 2. The highest BCUT2D eigenvalue weighted by molar-refractivity contribution is 5.73. The molecule has 3 rings (SSSR count). The SMILES string of the molecule is Cc1cc(C)n(CCCN(C)C(=O)NCC[C@@H]2C[C@@H]3C=C[C@H]2C3)n1. The number of carbonyl (C=O) groups excluding carboxylic acids is 1. The van der Waals surface area contributed by atoms with Gasteiger partial charge in [-0.05, 0) is 63.4 Å². The van der Waals surface area contributed by atoms with Gasteiger partial charge in [-0.1, -0.05) is 12.2 Å². The van der Waals surface area contributed by atoms with Crippen LogP contribution in [0.25, 0.3) is 0 Å². The van der Waals surface area contributed by atoms with E-state index < -0.39 is 0 Å². The molecule has 0 aliphatic heterocycles. The number of urea groups is 1. The van der Waals surface area contributed by atoms with Gasteiger partial charge < -0.3 is 10.2 Å². The van der Waals surface area contributed by atoms with Crippen molar-refractivity contribution in [2.75, 3.05) is 20.1 Å². The van der Waals surface area contributed by atoms with Crippen LogP contribution in [0.15, 0.2) is 18.2 Å². The minimum Gasteiger partial charge on any atom is -0.338 e. The molecule has 0 radical (unpaired) electrons. The molecule has 2 aliphatic rings. The molecule has 5 nitrogen and oxygen atoms in total. The third kappa shape index (κ3) is 4.00. The molecule has 1 N–H and O–H groups in total. The van der Waals surface area contributed by atoms with Crippen molar-refractivity contribution < 1.29 is 4.79 Å². The molecular formula is C19H30N4O. The minimum absolute atomic E-state index is 0.0436. The average molecular weight is 330 g/mol. The molecule has 132 valence electrons. The monoisotopic (exact) mass is 330 g/mol. The summed E-state index contributed by atoms with van der Waals surface area (Å²) in [5, 5.41) is 7.53. The second-order valence-corrected chi connectivity index (χ2v) is 7.49. The highest BCUT2D eigenvalue weighted by Gasteiger charge is 2.34. The number of hydrogen-bond donors (Lipinski definition) is 1. The topological polar surface area (TPSA) is 50.2 Å². The Morgan fingerprint density at radius 2 is 2.21 bits per heavy atom. The van der Waals surface area contributed by atoms with Gasteiger partial charge >= 0.3 is 6.03 Å². The second kappa shape index (κ2) is 7.41. The predicted molar refractivity (Wildman–Crippen MR) is 95.8 cm³/mol. The van der Waals surface area contributed by atoms with Crippen LogP contribution in [0.1, 0.15) is 37.1 Å². The van der Waals surface area contributed by atoms with Gasteiger partial charge in [-0.2, -0.15) is 5.10 Å². The van der Waals surface area contributed by atoms with Gasteiger partial charge in [0, 0.05) is 32.4 Å². The van der Waals surface area contributed by atoms with Gasteiger partial charge in [0.1, 0.15) is 0 Å². The molecule has 1 heterocycles. The van der Waals surface area contributed by atoms with Crippen LogP contribution in [0, 0.1) is 31.6 Å². The van der Waals surface area contributed by atoms with Gasteiger partial charge in [-0.25, -0.2) is 4.79 Å². The third-order valence-electron chi connectivity index (χ3n) is 5.52. The Bertz CT molecular complexity index is 607. The third-order valence-corrected chi connectivity index (χ3v) is 5.52. The molecule has 0 spiro atoms. The highest BCUT2D eigenvalue weighted by Crippen LogP contribution is 2.44. The van der Waals surface area contributed by atoms with E-state index in [0.717, 1.165) is 55.9 Å². The van der Waals surface area contributed by atoms with Gasteiger partial charge in [0.2, 0.25) is 0 Å². The molecule has 24 heavy (non-hydrogen) atoms. The first-order valence-electron chi connectivity index (χ1n) is 9.21. The maximum absolute atomic E-state index is 12.2. The molecule has 0 saturated heterocycles. The van der Waals surface area contributed by atoms with Crippen LogP contribution < -0.4 is 5.32 Å². The molecule has 0 unspecified atom stereocenters. The van der Waals surface area contributed by atoms with Crippen LogP contribution in [0.5, 0.6) is 0 Å². The van der Waals surface area contributed by atoms with Crippen LogP contribution >= 0.6 is 0 Å². The molecule has 0 aromatic carbocycles. The summed E-state index contributed by atoms with van der Waals surface area (Å²) < 4.78 is 2.02. The number of aryl methyl sites for hydroxylation is 3. The van der Waals surface area contributed by atoms with E-state index >= 15 is 0 Å². The van der Waals surface area contributed by atoms with Crippen molar-refractivity contribution in [1.82, 2.24) is 20.0 Å². The molecular weight excluding hydrogens is 300 g/mol. The first-order chi connectivity index (χ1) is 11.5. The summed E-state index contributed by atoms with van der Waals surface area (Å²) in [6.07, 6.45) is 9.43. The number of rotatable bonds is 7. The van der Waals surface area contributed by atoms with E-state index in [-0.39, 0.29) is 6.03 Å². The second-order valence-electron chi connectivity index (χ2n) is 7.49. The number of nitrogens with one attached hydrogen (secondary N) is 1. The lowest BCUT2D eigenvalue weighted by Crippen LogP contribution is -2.39. The van der Waals surface area contributed by atoms with Crippen molar-refractivity contribution in [3.8, 4) is 0 Å². The quantitative estimate of drug-likeness (QED) is 0.781. The van der Waals surface area contributed by atoms with Crippen molar-refractivity contribution in [1.29, 1.82) is 0 Å². The molecule has 2 bridgehead atoms. The van der Waals surface area contributed by atoms with Crippen molar-refractivity contribution in [3.05, 3.63) is 29.6 Å². The number of aromatic nitrogens is 2. The Labute approximate surface area is 145 Å². The number of carbonyl (C=O) groups is 1. The zero-order chi connectivity index (χ0) is 17.1. The lowest BCUT2D eigenvalue weighted by Gasteiger charge is -2.21. The molecule has 5 heteroatoms. The summed E-state index contributed by atoms with van der Waals surface area (Å²) in [4.78, 5) is 14.0. The number of allylic oxidation sites excluding steroid dienone is 2. The van der Waals surface area contributed by atoms with Crippen LogP contribution in [0.3, 0.4) is 0 Å². The summed E-state index contributed by atoms with van der Waals surface area (Å²) in [5.41, 5.74) is 2.23. The van der Waals surface area contributed by atoms with E-state index in [1.165, 1.54) is 18.5 Å². The molecule has 2 amide bonds. The average Bonchev–Trinajstić information content (AvgIpc) is 3.23. The lowest BCUT2D eigenvalue weighted by atomic mass is 9.91. The number of amides is 2. The van der Waals surface area contributed by atoms with Crippen LogP contribution in [0.2, 0.25) is 0 Å². The molecule has 1 saturated carbocycles. The first kappa shape index (κ1) is 17.1. The van der Waals surface area contributed by atoms with Gasteiger partial charge in [0.25, 0.3) is 0 Å². The molecule has 1 aromatic rings. The van der Waals surface area contributed by atoms with Crippen molar-refractivity contribution in [2.24, 2.45) is 17.8 Å².